The Bertz CT molecular complexity index is 1650. The smallest absolute Gasteiger partial charge is 0.341 e. The lowest BCUT2D eigenvalue weighted by molar-refractivity contribution is -0.159. The van der Waals surface area contributed by atoms with Crippen molar-refractivity contribution in [1.29, 1.82) is 10.8 Å². The summed E-state index contributed by atoms with van der Waals surface area (Å²) >= 11 is 1.36. The van der Waals surface area contributed by atoms with Gasteiger partial charge in [-0.05, 0) is 38.8 Å². The Hall–Kier alpha value is -4.34. The number of nitrogens with zero attached hydrogens (tertiary/aromatic N) is 4. The van der Waals surface area contributed by atoms with Crippen LogP contribution in [0.25, 0.3) is 10.9 Å². The lowest BCUT2D eigenvalue weighted by atomic mass is 9.96. The van der Waals surface area contributed by atoms with Crippen LogP contribution >= 0.6 is 11.8 Å². The number of aromatic nitrogens is 1. The number of amides is 1. The van der Waals surface area contributed by atoms with Crippen molar-refractivity contribution in [3.8, 4) is 0 Å². The van der Waals surface area contributed by atoms with Gasteiger partial charge in [0.25, 0.3) is 0 Å². The molecule has 6 N–H and O–H groups in total. The van der Waals surface area contributed by atoms with E-state index in [-0.39, 0.29) is 34.6 Å². The van der Waals surface area contributed by atoms with Crippen molar-refractivity contribution in [3.05, 3.63) is 39.9 Å². The number of β-lactam (4-membered cyclic amide) rings is 1. The molecule has 1 saturated carbocycles. The molecule has 2 aromatic rings. The van der Waals surface area contributed by atoms with Crippen LogP contribution in [0.4, 0.5) is 10.1 Å². The zero-order valence-corrected chi connectivity index (χ0v) is 24.2. The number of aliphatic carboxylic acids is 1. The minimum absolute atomic E-state index is 0.0230. The van der Waals surface area contributed by atoms with Crippen molar-refractivity contribution in [3.63, 3.8) is 0 Å². The molecule has 3 saturated heterocycles. The number of carboxylic acids is 2. The van der Waals surface area contributed by atoms with Crippen molar-refractivity contribution in [2.75, 3.05) is 31.1 Å². The second-order valence-electron chi connectivity index (χ2n) is 11.7. The quantitative estimate of drug-likeness (QED) is 0.159. The maximum absolute atomic E-state index is 15.3. The second-order valence-corrected chi connectivity index (χ2v) is 13.5. The first-order valence-corrected chi connectivity index (χ1v) is 14.7. The number of nitrogens with one attached hydrogen (secondary N) is 4. The molecule has 43 heavy (non-hydrogen) atoms. The fourth-order valence-electron chi connectivity index (χ4n) is 6.11. The highest BCUT2D eigenvalue weighted by molar-refractivity contribution is 8.01. The van der Waals surface area contributed by atoms with Gasteiger partial charge >= 0.3 is 11.9 Å². The van der Waals surface area contributed by atoms with Gasteiger partial charge in [0.05, 0.1) is 11.2 Å². The largest absolute Gasteiger partial charge is 0.480 e. The minimum Gasteiger partial charge on any atom is -0.480 e. The maximum Gasteiger partial charge on any atom is 0.341 e. The first kappa shape index (κ1) is 28.8. The number of thioether (sulfide) groups is 1. The monoisotopic (exact) mass is 614 g/mol. The number of hydrogen-bond acceptors (Lipinski definition) is 8. The normalized spacial score (nSPS) is 24.4. The number of hydrogen-bond donors (Lipinski definition) is 6. The molecule has 1 aromatic carbocycles. The van der Waals surface area contributed by atoms with Gasteiger partial charge in [0.2, 0.25) is 11.3 Å². The number of carboxylic acid groups (broad SMARTS) is 2. The van der Waals surface area contributed by atoms with E-state index >= 15 is 4.39 Å². The molecule has 1 aromatic heterocycles. The molecular formula is C27H31FN8O6S. The van der Waals surface area contributed by atoms with Crippen LogP contribution in [0.1, 0.15) is 43.1 Å². The summed E-state index contributed by atoms with van der Waals surface area (Å²) in [4.78, 5) is 53.6. The number of carbonyl (C=O) groups is 3. The third-order valence-electron chi connectivity index (χ3n) is 8.43. The predicted molar refractivity (Wildman–Crippen MR) is 156 cm³/mol. The summed E-state index contributed by atoms with van der Waals surface area (Å²) in [6.07, 6.45) is 3.02. The van der Waals surface area contributed by atoms with Crippen LogP contribution in [-0.4, -0.2) is 103 Å². The Kier molecular flexibility index (Phi) is 6.78. The van der Waals surface area contributed by atoms with Gasteiger partial charge < -0.3 is 34.8 Å². The molecule has 6 rings (SSSR count). The van der Waals surface area contributed by atoms with Crippen molar-refractivity contribution in [1.82, 2.24) is 25.0 Å². The van der Waals surface area contributed by atoms with Crippen LogP contribution in [0.2, 0.25) is 0 Å². The van der Waals surface area contributed by atoms with Crippen molar-refractivity contribution < 1.29 is 29.0 Å². The molecule has 3 unspecified atom stereocenters. The van der Waals surface area contributed by atoms with E-state index in [1.807, 2.05) is 0 Å². The first-order chi connectivity index (χ1) is 20.3. The van der Waals surface area contributed by atoms with Crippen molar-refractivity contribution in [2.45, 2.75) is 54.9 Å². The number of piperazine rings is 1. The number of guanidine groups is 2. The van der Waals surface area contributed by atoms with E-state index in [9.17, 15) is 29.4 Å². The molecule has 4 fully saturated rings. The van der Waals surface area contributed by atoms with Gasteiger partial charge in [0, 0.05) is 48.6 Å². The van der Waals surface area contributed by atoms with Gasteiger partial charge in [0.1, 0.15) is 28.8 Å². The molecule has 3 aliphatic heterocycles. The van der Waals surface area contributed by atoms with Gasteiger partial charge in [-0.2, -0.15) is 0 Å². The molecular weight excluding hydrogens is 583 g/mol. The van der Waals surface area contributed by atoms with Gasteiger partial charge in [-0.15, -0.1) is 11.8 Å². The average molecular weight is 615 g/mol. The lowest BCUT2D eigenvalue weighted by Gasteiger charge is -2.44. The number of aromatic carboxylic acids is 1. The highest BCUT2D eigenvalue weighted by Gasteiger charge is 2.64. The maximum atomic E-state index is 15.3. The van der Waals surface area contributed by atoms with Crippen LogP contribution in [-0.2, 0) is 9.59 Å². The van der Waals surface area contributed by atoms with Crippen LogP contribution < -0.4 is 21.0 Å². The molecule has 14 nitrogen and oxygen atoms in total. The average Bonchev–Trinajstić information content (AvgIpc) is 3.75. The number of anilines is 1. The molecule has 4 heterocycles. The molecule has 4 aliphatic rings. The lowest BCUT2D eigenvalue weighted by Crippen LogP contribution is -2.71. The number of fused-ring (bicyclic) bond motifs is 2. The minimum atomic E-state index is -1.35. The van der Waals surface area contributed by atoms with Crippen molar-refractivity contribution >= 4 is 58.1 Å². The summed E-state index contributed by atoms with van der Waals surface area (Å²) in [7, 11) is 0. The molecule has 3 atom stereocenters. The molecule has 1 amide bonds. The summed E-state index contributed by atoms with van der Waals surface area (Å²) in [5.74, 6) is -3.82. The third-order valence-corrected chi connectivity index (χ3v) is 10.00. The molecule has 1 aliphatic carbocycles. The molecule has 0 spiro atoms. The number of halogens is 1. The van der Waals surface area contributed by atoms with Crippen LogP contribution in [0.5, 0.6) is 0 Å². The fourth-order valence-corrected chi connectivity index (χ4v) is 7.74. The Morgan fingerprint density at radius 2 is 1.77 bits per heavy atom. The number of pyridine rings is 1. The number of benzene rings is 1. The highest BCUT2D eigenvalue weighted by atomic mass is 32.2. The second kappa shape index (κ2) is 10.1. The van der Waals surface area contributed by atoms with E-state index in [1.54, 1.807) is 34.3 Å². The van der Waals surface area contributed by atoms with Gasteiger partial charge in [-0.3, -0.25) is 25.7 Å². The zero-order chi connectivity index (χ0) is 31.0. The number of rotatable bonds is 5. The summed E-state index contributed by atoms with van der Waals surface area (Å²) in [6, 6.07) is 1.01. The van der Waals surface area contributed by atoms with E-state index in [0.29, 0.717) is 31.7 Å². The Balaban J connectivity index is 1.09. The van der Waals surface area contributed by atoms with E-state index < -0.39 is 51.3 Å². The summed E-state index contributed by atoms with van der Waals surface area (Å²) in [6.45, 7) is 4.87. The summed E-state index contributed by atoms with van der Waals surface area (Å²) in [5.41, 5.74) is -0.352. The summed E-state index contributed by atoms with van der Waals surface area (Å²) < 4.78 is 16.3. The standard InChI is InChI=1S/C27H31FN8O6S/c1-27(2)20(24(41)42)36-21(38)18(22(36)43-27)31-25(29)32-26(30)34-7-5-33(6-8-34)17-10-16-13(9-15(17)28)19(37)14(23(39)40)11-35(16)12-3-4-12/h9-12,18,20,22H,3-8H2,1-2H3,(H,39,40)(H,41,42)(H4,29,30,31,32). The molecule has 0 bridgehead atoms. The topological polar surface area (TPSA) is 195 Å². The fraction of sp³-hybridized carbons (Fsp3) is 0.481. The summed E-state index contributed by atoms with van der Waals surface area (Å²) in [5, 5.41) is 40.7. The SMILES string of the molecule is CC1(C)SC2C(NC(=N)NC(=N)N3CCN(c4cc5c(cc4F)c(=O)c(C(=O)O)cn5C4CC4)CC3)C(=O)N2C1C(=O)O. The molecule has 16 heteroatoms. The van der Waals surface area contributed by atoms with Crippen LogP contribution in [0.3, 0.4) is 0 Å². The Labute approximate surface area is 248 Å². The highest BCUT2D eigenvalue weighted by Crippen LogP contribution is 2.50. The van der Waals surface area contributed by atoms with Crippen LogP contribution in [0.15, 0.2) is 23.1 Å². The van der Waals surface area contributed by atoms with E-state index in [0.717, 1.165) is 18.9 Å². The van der Waals surface area contributed by atoms with Gasteiger partial charge in [0.15, 0.2) is 11.9 Å². The Morgan fingerprint density at radius 3 is 2.37 bits per heavy atom. The predicted octanol–water partition coefficient (Wildman–Crippen LogP) is 0.860. The molecule has 0 radical (unpaired) electrons. The Morgan fingerprint density at radius 1 is 1.09 bits per heavy atom. The zero-order valence-electron chi connectivity index (χ0n) is 23.4. The van der Waals surface area contributed by atoms with E-state index in [1.165, 1.54) is 22.9 Å². The third kappa shape index (κ3) is 4.82. The molecule has 228 valence electrons. The first-order valence-electron chi connectivity index (χ1n) is 13.8. The van der Waals surface area contributed by atoms with Crippen LogP contribution in [0, 0.1) is 16.6 Å². The van der Waals surface area contributed by atoms with Gasteiger partial charge in [-0.1, -0.05) is 0 Å². The van der Waals surface area contributed by atoms with Crippen molar-refractivity contribution in [2.24, 2.45) is 0 Å². The van der Waals surface area contributed by atoms with Gasteiger partial charge in [-0.25, -0.2) is 14.0 Å². The van der Waals surface area contributed by atoms with E-state index in [2.05, 4.69) is 10.6 Å². The van der Waals surface area contributed by atoms with E-state index in [4.69, 9.17) is 10.8 Å². The number of carbonyl (C=O) groups excluding carboxylic acids is 1.